The Morgan fingerprint density at radius 1 is 1.11 bits per heavy atom. The van der Waals surface area contributed by atoms with Gasteiger partial charge in [0.25, 0.3) is 0 Å². The van der Waals surface area contributed by atoms with Gasteiger partial charge in [0.05, 0.1) is 5.52 Å². The molecule has 1 aromatic heterocycles. The van der Waals surface area contributed by atoms with E-state index in [0.29, 0.717) is 6.04 Å². The van der Waals surface area contributed by atoms with Gasteiger partial charge in [0.2, 0.25) is 0 Å². The summed E-state index contributed by atoms with van der Waals surface area (Å²) in [6, 6.07) is 11.5. The van der Waals surface area contributed by atoms with E-state index in [1.165, 1.54) is 23.8 Å². The quantitative estimate of drug-likeness (QED) is 0.854. The maximum absolute atomic E-state index is 4.67. The van der Waals surface area contributed by atoms with Gasteiger partial charge in [-0.1, -0.05) is 26.8 Å². The van der Waals surface area contributed by atoms with Crippen molar-refractivity contribution in [2.75, 3.05) is 5.32 Å². The van der Waals surface area contributed by atoms with Crippen LogP contribution in [0.25, 0.3) is 10.9 Å². The Morgan fingerprint density at radius 3 is 2.56 bits per heavy atom. The van der Waals surface area contributed by atoms with Crippen LogP contribution in [-0.2, 0) is 5.41 Å². The minimum atomic E-state index is 0.194. The van der Waals surface area contributed by atoms with Crippen LogP contribution in [0.2, 0.25) is 0 Å². The highest BCUT2D eigenvalue weighted by atomic mass is 15.0. The molecule has 94 valence electrons. The van der Waals surface area contributed by atoms with Gasteiger partial charge < -0.3 is 5.32 Å². The number of rotatable bonds is 2. The number of nitrogens with zero attached hydrogens (tertiary/aromatic N) is 1. The molecule has 18 heavy (non-hydrogen) atoms. The number of pyridine rings is 1. The Balaban J connectivity index is 1.97. The second-order valence-corrected chi connectivity index (χ2v) is 6.27. The lowest BCUT2D eigenvalue weighted by molar-refractivity contribution is 0.591. The average Bonchev–Trinajstić information content (AvgIpc) is 3.11. The molecule has 3 rings (SSSR count). The lowest BCUT2D eigenvalue weighted by atomic mass is 9.86. The van der Waals surface area contributed by atoms with Crippen molar-refractivity contribution in [1.82, 2.24) is 4.98 Å². The summed E-state index contributed by atoms with van der Waals surface area (Å²) < 4.78 is 0. The molecule has 1 saturated carbocycles. The van der Waals surface area contributed by atoms with Crippen molar-refractivity contribution in [3.05, 3.63) is 35.9 Å². The molecule has 1 aliphatic rings. The Hall–Kier alpha value is -1.57. The fourth-order valence-electron chi connectivity index (χ4n) is 2.11. The third kappa shape index (κ3) is 2.33. The highest BCUT2D eigenvalue weighted by Crippen LogP contribution is 2.28. The number of aromatic nitrogens is 1. The van der Waals surface area contributed by atoms with E-state index in [4.69, 9.17) is 0 Å². The fourth-order valence-corrected chi connectivity index (χ4v) is 2.11. The molecule has 0 atom stereocenters. The van der Waals surface area contributed by atoms with Crippen LogP contribution >= 0.6 is 0 Å². The Morgan fingerprint density at radius 2 is 1.89 bits per heavy atom. The van der Waals surface area contributed by atoms with E-state index in [1.54, 1.807) is 0 Å². The summed E-state index contributed by atoms with van der Waals surface area (Å²) in [5, 5.41) is 4.67. The van der Waals surface area contributed by atoms with Gasteiger partial charge in [0, 0.05) is 11.4 Å². The van der Waals surface area contributed by atoms with E-state index in [-0.39, 0.29) is 5.41 Å². The molecule has 0 bridgehead atoms. The first-order chi connectivity index (χ1) is 8.52. The van der Waals surface area contributed by atoms with E-state index < -0.39 is 0 Å². The molecule has 1 aliphatic carbocycles. The molecule has 0 aliphatic heterocycles. The van der Waals surface area contributed by atoms with Crippen LogP contribution in [0.3, 0.4) is 0 Å². The smallest absolute Gasteiger partial charge is 0.126 e. The minimum absolute atomic E-state index is 0.194. The van der Waals surface area contributed by atoms with E-state index in [1.807, 2.05) is 0 Å². The molecule has 1 fully saturated rings. The standard InChI is InChI=1S/C16H20N2/c1-16(2,3)12-5-8-14-11(10-12)4-9-15(18-14)17-13-6-7-13/h4-5,8-10,13H,6-7H2,1-3H3,(H,17,18). The number of benzene rings is 1. The van der Waals surface area contributed by atoms with E-state index in [9.17, 15) is 0 Å². The van der Waals surface area contributed by atoms with Gasteiger partial charge >= 0.3 is 0 Å². The number of hydrogen-bond donors (Lipinski definition) is 1. The van der Waals surface area contributed by atoms with Crippen molar-refractivity contribution in [3.8, 4) is 0 Å². The van der Waals surface area contributed by atoms with Crippen molar-refractivity contribution in [1.29, 1.82) is 0 Å². The van der Waals surface area contributed by atoms with E-state index in [0.717, 1.165) is 11.3 Å². The zero-order chi connectivity index (χ0) is 12.8. The van der Waals surface area contributed by atoms with Crippen LogP contribution in [0.5, 0.6) is 0 Å². The van der Waals surface area contributed by atoms with Gasteiger partial charge in [-0.05, 0) is 48.1 Å². The molecule has 1 aromatic carbocycles. The molecule has 0 saturated heterocycles. The maximum atomic E-state index is 4.67. The summed E-state index contributed by atoms with van der Waals surface area (Å²) in [5.41, 5.74) is 2.63. The number of hydrogen-bond acceptors (Lipinski definition) is 2. The molecule has 0 radical (unpaired) electrons. The summed E-state index contributed by atoms with van der Waals surface area (Å²) in [5.74, 6) is 1.01. The van der Waals surface area contributed by atoms with Crippen LogP contribution in [-0.4, -0.2) is 11.0 Å². The van der Waals surface area contributed by atoms with Gasteiger partial charge in [0.1, 0.15) is 5.82 Å². The Bertz CT molecular complexity index is 577. The Labute approximate surface area is 108 Å². The van der Waals surface area contributed by atoms with Crippen molar-refractivity contribution >= 4 is 16.7 Å². The second kappa shape index (κ2) is 3.98. The molecule has 1 N–H and O–H groups in total. The largest absolute Gasteiger partial charge is 0.367 e. The van der Waals surface area contributed by atoms with E-state index >= 15 is 0 Å². The summed E-state index contributed by atoms with van der Waals surface area (Å²) in [4.78, 5) is 4.67. The van der Waals surface area contributed by atoms with Crippen molar-refractivity contribution in [3.63, 3.8) is 0 Å². The highest BCUT2D eigenvalue weighted by molar-refractivity contribution is 5.81. The number of fused-ring (bicyclic) bond motifs is 1. The number of anilines is 1. The highest BCUT2D eigenvalue weighted by Gasteiger charge is 2.21. The molecule has 0 unspecified atom stereocenters. The first-order valence-electron chi connectivity index (χ1n) is 6.70. The van der Waals surface area contributed by atoms with E-state index in [2.05, 4.69) is 61.4 Å². The van der Waals surface area contributed by atoms with Crippen LogP contribution in [0.4, 0.5) is 5.82 Å². The summed E-state index contributed by atoms with van der Waals surface area (Å²) in [6.45, 7) is 6.72. The van der Waals surface area contributed by atoms with Gasteiger partial charge in [-0.15, -0.1) is 0 Å². The lowest BCUT2D eigenvalue weighted by Crippen LogP contribution is -2.10. The first-order valence-corrected chi connectivity index (χ1v) is 6.70. The summed E-state index contributed by atoms with van der Waals surface area (Å²) in [6.07, 6.45) is 2.56. The van der Waals surface area contributed by atoms with Crippen molar-refractivity contribution in [2.45, 2.75) is 45.1 Å². The third-order valence-corrected chi connectivity index (χ3v) is 3.48. The predicted octanol–water partition coefficient (Wildman–Crippen LogP) is 4.11. The first kappa shape index (κ1) is 11.5. The Kier molecular flexibility index (Phi) is 2.54. The zero-order valence-electron chi connectivity index (χ0n) is 11.3. The van der Waals surface area contributed by atoms with Crippen molar-refractivity contribution in [2.24, 2.45) is 0 Å². The average molecular weight is 240 g/mol. The monoisotopic (exact) mass is 240 g/mol. The molecule has 2 heteroatoms. The van der Waals surface area contributed by atoms with Crippen molar-refractivity contribution < 1.29 is 0 Å². The molecule has 0 spiro atoms. The molecule has 0 amide bonds. The predicted molar refractivity (Wildman–Crippen MR) is 77.1 cm³/mol. The SMILES string of the molecule is CC(C)(C)c1ccc2nc(NC3CC3)ccc2c1. The molecule has 1 heterocycles. The summed E-state index contributed by atoms with van der Waals surface area (Å²) in [7, 11) is 0. The lowest BCUT2D eigenvalue weighted by Gasteiger charge is -2.19. The molecular formula is C16H20N2. The van der Waals surface area contributed by atoms with Gasteiger partial charge in [-0.3, -0.25) is 0 Å². The zero-order valence-corrected chi connectivity index (χ0v) is 11.3. The minimum Gasteiger partial charge on any atom is -0.367 e. The molecule has 2 aromatic rings. The van der Waals surface area contributed by atoms with Crippen LogP contribution in [0, 0.1) is 0 Å². The van der Waals surface area contributed by atoms with Gasteiger partial charge in [-0.2, -0.15) is 0 Å². The topological polar surface area (TPSA) is 24.9 Å². The molecular weight excluding hydrogens is 220 g/mol. The van der Waals surface area contributed by atoms with Crippen LogP contribution < -0.4 is 5.32 Å². The van der Waals surface area contributed by atoms with Crippen LogP contribution in [0.15, 0.2) is 30.3 Å². The number of nitrogens with one attached hydrogen (secondary N) is 1. The molecule has 2 nitrogen and oxygen atoms in total. The van der Waals surface area contributed by atoms with Gasteiger partial charge in [-0.25, -0.2) is 4.98 Å². The third-order valence-electron chi connectivity index (χ3n) is 3.48. The second-order valence-electron chi connectivity index (χ2n) is 6.27. The fraction of sp³-hybridized carbons (Fsp3) is 0.438. The van der Waals surface area contributed by atoms with Gasteiger partial charge in [0.15, 0.2) is 0 Å². The maximum Gasteiger partial charge on any atom is 0.126 e. The van der Waals surface area contributed by atoms with Crippen LogP contribution in [0.1, 0.15) is 39.2 Å². The normalized spacial score (nSPS) is 15.9. The summed E-state index contributed by atoms with van der Waals surface area (Å²) >= 11 is 0.